The fourth-order valence-electron chi connectivity index (χ4n) is 3.44. The summed E-state index contributed by atoms with van der Waals surface area (Å²) in [6, 6.07) is 14.5. The predicted molar refractivity (Wildman–Crippen MR) is 145 cm³/mol. The fourth-order valence-corrected chi connectivity index (χ4v) is 4.13. The van der Waals surface area contributed by atoms with Gasteiger partial charge in [-0.2, -0.15) is 9.78 Å². The maximum absolute atomic E-state index is 13.3. The number of rotatable bonds is 7. The molecule has 0 saturated carbocycles. The number of benzene rings is 3. The van der Waals surface area contributed by atoms with Gasteiger partial charge in [-0.3, -0.25) is 14.9 Å². The first-order valence-electron chi connectivity index (χ1n) is 10.8. The highest BCUT2D eigenvalue weighted by Gasteiger charge is 2.15. The van der Waals surface area contributed by atoms with Crippen molar-refractivity contribution in [3.63, 3.8) is 0 Å². The number of nitro groups is 1. The van der Waals surface area contributed by atoms with Gasteiger partial charge in [-0.1, -0.05) is 59.0 Å². The molecule has 184 valence electrons. The van der Waals surface area contributed by atoms with Crippen molar-refractivity contribution in [3.05, 3.63) is 107 Å². The molecule has 0 atom stereocenters. The summed E-state index contributed by atoms with van der Waals surface area (Å²) in [4.78, 5) is 28.8. The Kier molecular flexibility index (Phi) is 7.73. The van der Waals surface area contributed by atoms with Crippen molar-refractivity contribution < 1.29 is 9.66 Å². The van der Waals surface area contributed by atoms with E-state index in [1.165, 1.54) is 29.1 Å². The minimum atomic E-state index is -0.513. The summed E-state index contributed by atoms with van der Waals surface area (Å²) in [6.45, 7) is 3.94. The molecule has 0 aliphatic carbocycles. The molecule has 4 rings (SSSR count). The molecular weight excluding hydrogens is 571 g/mol. The van der Waals surface area contributed by atoms with Crippen LogP contribution in [-0.4, -0.2) is 20.8 Å². The number of non-ortho nitro benzene ring substituents is 1. The molecule has 0 spiro atoms. The maximum Gasteiger partial charge on any atom is 0.282 e. The van der Waals surface area contributed by atoms with Crippen molar-refractivity contribution in [1.82, 2.24) is 9.66 Å². The molecule has 0 radical (unpaired) electrons. The van der Waals surface area contributed by atoms with E-state index in [0.717, 1.165) is 10.0 Å². The van der Waals surface area contributed by atoms with Gasteiger partial charge in [-0.05, 0) is 42.0 Å². The highest BCUT2D eigenvalue weighted by molar-refractivity contribution is 9.10. The largest absolute Gasteiger partial charge is 0.488 e. The van der Waals surface area contributed by atoms with Gasteiger partial charge < -0.3 is 4.74 Å². The molecule has 1 heterocycles. The Bertz CT molecular complexity index is 1570. The molecule has 0 amide bonds. The standard InChI is InChI=1S/C25H19BrCl2N4O4/c1-14(2)24-30-22-7-4-17(26)11-19(22)25(33)31(24)29-12-16-10-18(32(34)35)5-8-23(16)36-13-15-3-6-20(27)21(28)9-15/h3-12,14H,13H2,1-2H3. The van der Waals surface area contributed by atoms with Crippen LogP contribution in [0.1, 0.15) is 36.7 Å². The molecule has 4 aromatic rings. The van der Waals surface area contributed by atoms with Gasteiger partial charge >= 0.3 is 0 Å². The fraction of sp³-hybridized carbons (Fsp3) is 0.160. The molecule has 0 fully saturated rings. The van der Waals surface area contributed by atoms with E-state index in [2.05, 4.69) is 26.0 Å². The first-order valence-corrected chi connectivity index (χ1v) is 12.3. The number of aromatic nitrogens is 2. The lowest BCUT2D eigenvalue weighted by Crippen LogP contribution is -2.23. The van der Waals surface area contributed by atoms with Gasteiger partial charge in [-0.25, -0.2) is 4.98 Å². The molecule has 0 unspecified atom stereocenters. The van der Waals surface area contributed by atoms with Crippen LogP contribution in [0.4, 0.5) is 5.69 Å². The Balaban J connectivity index is 1.76. The maximum atomic E-state index is 13.3. The molecule has 0 aliphatic heterocycles. The first kappa shape index (κ1) is 25.8. The second-order valence-electron chi connectivity index (χ2n) is 8.16. The van der Waals surface area contributed by atoms with Gasteiger partial charge in [0.1, 0.15) is 18.2 Å². The van der Waals surface area contributed by atoms with E-state index >= 15 is 0 Å². The second kappa shape index (κ2) is 10.8. The quantitative estimate of drug-likeness (QED) is 0.132. The van der Waals surface area contributed by atoms with E-state index in [0.29, 0.717) is 38.1 Å². The normalized spacial score (nSPS) is 11.5. The number of hydrogen-bond acceptors (Lipinski definition) is 6. The highest BCUT2D eigenvalue weighted by atomic mass is 79.9. The van der Waals surface area contributed by atoms with Crippen LogP contribution in [0.25, 0.3) is 10.9 Å². The lowest BCUT2D eigenvalue weighted by molar-refractivity contribution is -0.384. The van der Waals surface area contributed by atoms with Crippen molar-refractivity contribution in [2.75, 3.05) is 0 Å². The summed E-state index contributed by atoms with van der Waals surface area (Å²) in [5.74, 6) is 0.680. The van der Waals surface area contributed by atoms with Crippen LogP contribution in [0.5, 0.6) is 5.75 Å². The summed E-state index contributed by atoms with van der Waals surface area (Å²) in [6.07, 6.45) is 1.36. The number of ether oxygens (including phenoxy) is 1. The molecular formula is C25H19BrCl2N4O4. The summed E-state index contributed by atoms with van der Waals surface area (Å²) in [5, 5.41) is 17.0. The van der Waals surface area contributed by atoms with Gasteiger partial charge in [0.15, 0.2) is 0 Å². The van der Waals surface area contributed by atoms with E-state index in [1.807, 2.05) is 19.9 Å². The Hall–Kier alpha value is -3.27. The van der Waals surface area contributed by atoms with Crippen LogP contribution >= 0.6 is 39.1 Å². The van der Waals surface area contributed by atoms with E-state index in [-0.39, 0.29) is 23.8 Å². The van der Waals surface area contributed by atoms with E-state index < -0.39 is 4.92 Å². The van der Waals surface area contributed by atoms with Gasteiger partial charge in [0.2, 0.25) is 0 Å². The molecule has 1 aromatic heterocycles. The number of hydrogen-bond donors (Lipinski definition) is 0. The van der Waals surface area contributed by atoms with Crippen LogP contribution in [0.15, 0.2) is 69.0 Å². The molecule has 0 bridgehead atoms. The first-order chi connectivity index (χ1) is 17.1. The monoisotopic (exact) mass is 588 g/mol. The molecule has 8 nitrogen and oxygen atoms in total. The zero-order valence-electron chi connectivity index (χ0n) is 19.1. The zero-order valence-corrected chi connectivity index (χ0v) is 22.2. The number of nitro benzene ring substituents is 1. The summed E-state index contributed by atoms with van der Waals surface area (Å²) >= 11 is 15.4. The second-order valence-corrected chi connectivity index (χ2v) is 9.89. The third-order valence-electron chi connectivity index (χ3n) is 5.24. The molecule has 36 heavy (non-hydrogen) atoms. The van der Waals surface area contributed by atoms with Crippen molar-refractivity contribution in [2.45, 2.75) is 26.4 Å². The Morgan fingerprint density at radius 1 is 1.14 bits per heavy atom. The lowest BCUT2D eigenvalue weighted by Gasteiger charge is -2.13. The van der Waals surface area contributed by atoms with Crippen molar-refractivity contribution in [2.24, 2.45) is 5.10 Å². The van der Waals surface area contributed by atoms with E-state index in [4.69, 9.17) is 27.9 Å². The number of nitrogens with zero attached hydrogens (tertiary/aromatic N) is 4. The average Bonchev–Trinajstić information content (AvgIpc) is 2.84. The van der Waals surface area contributed by atoms with Gasteiger partial charge in [0.05, 0.1) is 32.1 Å². The third-order valence-corrected chi connectivity index (χ3v) is 6.48. The highest BCUT2D eigenvalue weighted by Crippen LogP contribution is 2.26. The van der Waals surface area contributed by atoms with Crippen LogP contribution in [-0.2, 0) is 6.61 Å². The predicted octanol–water partition coefficient (Wildman–Crippen LogP) is 6.96. The zero-order chi connectivity index (χ0) is 26.0. The SMILES string of the molecule is CC(C)c1nc2ccc(Br)cc2c(=O)n1N=Cc1cc([N+](=O)[O-])ccc1OCc1ccc(Cl)c(Cl)c1. The number of halogens is 3. The summed E-state index contributed by atoms with van der Waals surface area (Å²) in [7, 11) is 0. The van der Waals surface area contributed by atoms with Gasteiger partial charge in [0.25, 0.3) is 11.2 Å². The molecule has 0 aliphatic rings. The van der Waals surface area contributed by atoms with Crippen molar-refractivity contribution in [3.8, 4) is 5.75 Å². The smallest absolute Gasteiger partial charge is 0.282 e. The Morgan fingerprint density at radius 2 is 1.92 bits per heavy atom. The summed E-state index contributed by atoms with van der Waals surface area (Å²) in [5.41, 5.74) is 1.13. The molecule has 3 aromatic carbocycles. The molecule has 0 saturated heterocycles. The Labute approximate surface area is 224 Å². The van der Waals surface area contributed by atoms with Crippen molar-refractivity contribution >= 4 is 61.9 Å². The van der Waals surface area contributed by atoms with E-state index in [1.54, 1.807) is 30.3 Å². The Morgan fingerprint density at radius 3 is 2.61 bits per heavy atom. The minimum absolute atomic E-state index is 0.113. The van der Waals surface area contributed by atoms with Crippen LogP contribution < -0.4 is 10.3 Å². The number of fused-ring (bicyclic) bond motifs is 1. The van der Waals surface area contributed by atoms with Gasteiger partial charge in [-0.15, -0.1) is 0 Å². The average molecular weight is 590 g/mol. The molecule has 0 N–H and O–H groups in total. The topological polar surface area (TPSA) is 99.6 Å². The third kappa shape index (κ3) is 5.59. The van der Waals surface area contributed by atoms with E-state index in [9.17, 15) is 14.9 Å². The minimum Gasteiger partial charge on any atom is -0.488 e. The van der Waals surface area contributed by atoms with Crippen LogP contribution in [0, 0.1) is 10.1 Å². The van der Waals surface area contributed by atoms with Gasteiger partial charge in [0, 0.05) is 28.1 Å². The van der Waals surface area contributed by atoms with Crippen LogP contribution in [0.2, 0.25) is 10.0 Å². The summed E-state index contributed by atoms with van der Waals surface area (Å²) < 4.78 is 7.85. The van der Waals surface area contributed by atoms with Crippen molar-refractivity contribution in [1.29, 1.82) is 0 Å². The molecule has 11 heteroatoms. The van der Waals surface area contributed by atoms with Crippen LogP contribution in [0.3, 0.4) is 0 Å². The lowest BCUT2D eigenvalue weighted by atomic mass is 10.1.